The second-order valence-electron chi connectivity index (χ2n) is 6.59. The van der Waals surface area contributed by atoms with Crippen molar-refractivity contribution >= 4 is 27.3 Å². The standard InChI is InChI=1S/C19H20N2O5S/c1-13-7-8-14(21-9-4-10-27(21,23)24)11-15(13)20-19(22)18-12-25-16-5-2-3-6-17(16)26-18/h2-3,5-8,11,18H,4,9-10,12H2,1H3,(H,20,22). The molecule has 8 heteroatoms. The predicted molar refractivity (Wildman–Crippen MR) is 102 cm³/mol. The number of carbonyl (C=O) groups is 1. The van der Waals surface area contributed by atoms with Crippen molar-refractivity contribution in [3.63, 3.8) is 0 Å². The van der Waals surface area contributed by atoms with Gasteiger partial charge in [-0.05, 0) is 43.2 Å². The minimum atomic E-state index is -3.28. The van der Waals surface area contributed by atoms with Crippen molar-refractivity contribution in [3.05, 3.63) is 48.0 Å². The number of fused-ring (bicyclic) bond motifs is 1. The lowest BCUT2D eigenvalue weighted by Crippen LogP contribution is -2.40. The number of hydrogen-bond acceptors (Lipinski definition) is 5. The maximum Gasteiger partial charge on any atom is 0.269 e. The average molecular weight is 388 g/mol. The summed E-state index contributed by atoms with van der Waals surface area (Å²) in [5.41, 5.74) is 1.95. The molecular weight excluding hydrogens is 368 g/mol. The molecule has 1 fully saturated rings. The molecule has 0 bridgehead atoms. The summed E-state index contributed by atoms with van der Waals surface area (Å²) in [7, 11) is -3.28. The number of rotatable bonds is 3. The van der Waals surface area contributed by atoms with E-state index < -0.39 is 16.1 Å². The zero-order valence-electron chi connectivity index (χ0n) is 14.8. The largest absolute Gasteiger partial charge is 0.485 e. The summed E-state index contributed by atoms with van der Waals surface area (Å²) in [4.78, 5) is 12.6. The fraction of sp³-hybridized carbons (Fsp3) is 0.316. The van der Waals surface area contributed by atoms with Gasteiger partial charge in [-0.25, -0.2) is 8.42 Å². The average Bonchev–Trinajstić information content (AvgIpc) is 3.02. The smallest absolute Gasteiger partial charge is 0.269 e. The van der Waals surface area contributed by atoms with Gasteiger partial charge in [-0.2, -0.15) is 0 Å². The number of hydrogen-bond donors (Lipinski definition) is 1. The Balaban J connectivity index is 1.53. The third-order valence-corrected chi connectivity index (χ3v) is 6.54. The van der Waals surface area contributed by atoms with Crippen LogP contribution in [0.4, 0.5) is 11.4 Å². The number of benzene rings is 2. The molecule has 1 atom stereocenters. The predicted octanol–water partition coefficient (Wildman–Crippen LogP) is 2.31. The van der Waals surface area contributed by atoms with E-state index in [1.165, 1.54) is 4.31 Å². The first-order valence-corrected chi connectivity index (χ1v) is 10.4. The van der Waals surface area contributed by atoms with E-state index in [0.717, 1.165) is 5.56 Å². The quantitative estimate of drug-likeness (QED) is 0.872. The minimum absolute atomic E-state index is 0.113. The molecule has 4 rings (SSSR count). The third-order valence-electron chi connectivity index (χ3n) is 4.67. The highest BCUT2D eigenvalue weighted by molar-refractivity contribution is 7.93. The molecule has 0 spiro atoms. The van der Waals surface area contributed by atoms with Gasteiger partial charge in [-0.1, -0.05) is 18.2 Å². The van der Waals surface area contributed by atoms with Gasteiger partial charge in [0.1, 0.15) is 6.61 Å². The molecule has 0 radical (unpaired) electrons. The Kier molecular flexibility index (Phi) is 4.43. The molecule has 2 aliphatic rings. The number of nitrogens with zero attached hydrogens (tertiary/aromatic N) is 1. The fourth-order valence-corrected chi connectivity index (χ4v) is 4.75. The summed E-state index contributed by atoms with van der Waals surface area (Å²) >= 11 is 0. The lowest BCUT2D eigenvalue weighted by molar-refractivity contribution is -0.125. The van der Waals surface area contributed by atoms with E-state index in [1.54, 1.807) is 30.3 Å². The van der Waals surface area contributed by atoms with Gasteiger partial charge >= 0.3 is 0 Å². The first-order valence-electron chi connectivity index (χ1n) is 8.74. The number of aryl methyl sites for hydroxylation is 1. The number of anilines is 2. The Morgan fingerprint density at radius 2 is 1.96 bits per heavy atom. The van der Waals surface area contributed by atoms with Crippen molar-refractivity contribution in [2.45, 2.75) is 19.4 Å². The molecule has 2 aliphatic heterocycles. The fourth-order valence-electron chi connectivity index (χ4n) is 3.19. The summed E-state index contributed by atoms with van der Waals surface area (Å²) in [6, 6.07) is 12.4. The van der Waals surface area contributed by atoms with Crippen molar-refractivity contribution in [2.24, 2.45) is 0 Å². The van der Waals surface area contributed by atoms with Crippen molar-refractivity contribution in [1.29, 1.82) is 0 Å². The van der Waals surface area contributed by atoms with E-state index in [-0.39, 0.29) is 18.3 Å². The highest BCUT2D eigenvalue weighted by Gasteiger charge is 2.30. The zero-order chi connectivity index (χ0) is 19.0. The first-order chi connectivity index (χ1) is 12.9. The normalized spacial score (nSPS) is 20.3. The van der Waals surface area contributed by atoms with Crippen LogP contribution >= 0.6 is 0 Å². The van der Waals surface area contributed by atoms with E-state index in [1.807, 2.05) is 19.1 Å². The Labute approximate surface area is 157 Å². The number of nitrogens with one attached hydrogen (secondary N) is 1. The molecule has 27 heavy (non-hydrogen) atoms. The number of ether oxygens (including phenoxy) is 2. The maximum atomic E-state index is 12.6. The molecule has 1 unspecified atom stereocenters. The Morgan fingerprint density at radius 1 is 1.19 bits per heavy atom. The van der Waals surface area contributed by atoms with Crippen LogP contribution in [0, 0.1) is 6.92 Å². The minimum Gasteiger partial charge on any atom is -0.485 e. The number of amides is 1. The van der Waals surface area contributed by atoms with Crippen LogP contribution in [-0.2, 0) is 14.8 Å². The summed E-state index contributed by atoms with van der Waals surface area (Å²) in [6.45, 7) is 2.42. The van der Waals surface area contributed by atoms with Crippen LogP contribution in [0.5, 0.6) is 11.5 Å². The topological polar surface area (TPSA) is 84.9 Å². The summed E-state index contributed by atoms with van der Waals surface area (Å²) in [6.07, 6.45) is -0.177. The SMILES string of the molecule is Cc1ccc(N2CCCS2(=O)=O)cc1NC(=O)C1COc2ccccc2O1. The molecule has 1 amide bonds. The molecule has 0 aromatic heterocycles. The molecule has 1 N–H and O–H groups in total. The molecule has 2 aromatic carbocycles. The van der Waals surface area contributed by atoms with Gasteiger partial charge in [-0.15, -0.1) is 0 Å². The Hall–Kier alpha value is -2.74. The van der Waals surface area contributed by atoms with Crippen LogP contribution in [0.3, 0.4) is 0 Å². The highest BCUT2D eigenvalue weighted by Crippen LogP contribution is 2.32. The molecule has 7 nitrogen and oxygen atoms in total. The molecule has 2 aromatic rings. The second-order valence-corrected chi connectivity index (χ2v) is 8.61. The van der Waals surface area contributed by atoms with Gasteiger partial charge in [0.2, 0.25) is 16.1 Å². The van der Waals surface area contributed by atoms with Gasteiger partial charge in [0.05, 0.1) is 11.4 Å². The molecule has 0 aliphatic carbocycles. The lowest BCUT2D eigenvalue weighted by atomic mass is 10.1. The molecular formula is C19H20N2O5S. The van der Waals surface area contributed by atoms with Crippen molar-refractivity contribution in [2.75, 3.05) is 28.5 Å². The second kappa shape index (κ2) is 6.77. The van der Waals surface area contributed by atoms with Gasteiger partial charge in [0.15, 0.2) is 11.5 Å². The molecule has 1 saturated heterocycles. The highest BCUT2D eigenvalue weighted by atomic mass is 32.2. The van der Waals surface area contributed by atoms with E-state index in [0.29, 0.717) is 35.8 Å². The number of carbonyl (C=O) groups excluding carboxylic acids is 1. The van der Waals surface area contributed by atoms with Gasteiger partial charge < -0.3 is 14.8 Å². The monoisotopic (exact) mass is 388 g/mol. The van der Waals surface area contributed by atoms with Crippen LogP contribution < -0.4 is 19.1 Å². The summed E-state index contributed by atoms with van der Waals surface area (Å²) in [5, 5.41) is 2.84. The van der Waals surface area contributed by atoms with E-state index in [2.05, 4.69) is 5.32 Å². The number of para-hydroxylation sites is 2. The van der Waals surface area contributed by atoms with Crippen molar-refractivity contribution < 1.29 is 22.7 Å². The zero-order valence-corrected chi connectivity index (χ0v) is 15.7. The molecule has 2 heterocycles. The Bertz CT molecular complexity index is 989. The van der Waals surface area contributed by atoms with Gasteiger partial charge in [0.25, 0.3) is 5.91 Å². The van der Waals surface area contributed by atoms with Crippen LogP contribution in [0.15, 0.2) is 42.5 Å². The van der Waals surface area contributed by atoms with Crippen molar-refractivity contribution in [1.82, 2.24) is 0 Å². The van der Waals surface area contributed by atoms with E-state index in [9.17, 15) is 13.2 Å². The van der Waals surface area contributed by atoms with E-state index >= 15 is 0 Å². The van der Waals surface area contributed by atoms with Gasteiger partial charge in [-0.3, -0.25) is 9.10 Å². The first kappa shape index (κ1) is 17.7. The van der Waals surface area contributed by atoms with Crippen LogP contribution in [-0.4, -0.2) is 39.3 Å². The Morgan fingerprint density at radius 3 is 2.70 bits per heavy atom. The third kappa shape index (κ3) is 3.44. The maximum absolute atomic E-state index is 12.6. The summed E-state index contributed by atoms with van der Waals surface area (Å²) in [5.74, 6) is 0.945. The van der Waals surface area contributed by atoms with Crippen LogP contribution in [0.2, 0.25) is 0 Å². The molecule has 142 valence electrons. The van der Waals surface area contributed by atoms with Crippen LogP contribution in [0.25, 0.3) is 0 Å². The lowest BCUT2D eigenvalue weighted by Gasteiger charge is -2.26. The van der Waals surface area contributed by atoms with Crippen molar-refractivity contribution in [3.8, 4) is 11.5 Å². The van der Waals surface area contributed by atoms with Gasteiger partial charge in [0, 0.05) is 12.2 Å². The van der Waals surface area contributed by atoms with Crippen LogP contribution in [0.1, 0.15) is 12.0 Å². The van der Waals surface area contributed by atoms with E-state index in [4.69, 9.17) is 9.47 Å². The molecule has 0 saturated carbocycles. The number of sulfonamides is 1. The summed E-state index contributed by atoms with van der Waals surface area (Å²) < 4.78 is 37.0.